The topological polar surface area (TPSA) is 42.0 Å². The van der Waals surface area contributed by atoms with E-state index >= 15 is 0 Å². The van der Waals surface area contributed by atoms with Gasteiger partial charge in [-0.2, -0.15) is 0 Å². The lowest BCUT2D eigenvalue weighted by molar-refractivity contribution is -0.105. The highest BCUT2D eigenvalue weighted by atomic mass is 16.1. The Morgan fingerprint density at radius 2 is 2.38 bits per heavy atom. The van der Waals surface area contributed by atoms with Gasteiger partial charge in [-0.3, -0.25) is 4.79 Å². The van der Waals surface area contributed by atoms with E-state index in [1.54, 1.807) is 12.1 Å². The summed E-state index contributed by atoms with van der Waals surface area (Å²) in [7, 11) is 0. The summed E-state index contributed by atoms with van der Waals surface area (Å²) >= 11 is 0. The maximum absolute atomic E-state index is 10.2. The van der Waals surface area contributed by atoms with Crippen molar-refractivity contribution in [3.63, 3.8) is 0 Å². The maximum Gasteiger partial charge on any atom is 0.212 e. The van der Waals surface area contributed by atoms with E-state index in [0.29, 0.717) is 12.2 Å². The SMILES string of the molecule is C=Cc1nc(NC=O)ccc1CC. The molecule has 1 N–H and O–H groups in total. The molecule has 1 aromatic rings. The molecule has 3 heteroatoms. The van der Waals surface area contributed by atoms with Crippen LogP contribution in [0.15, 0.2) is 18.7 Å². The smallest absolute Gasteiger partial charge is 0.212 e. The van der Waals surface area contributed by atoms with Crippen LogP contribution in [0.25, 0.3) is 6.08 Å². The zero-order valence-electron chi connectivity index (χ0n) is 7.58. The van der Waals surface area contributed by atoms with Crippen LogP contribution in [0.1, 0.15) is 18.2 Å². The first-order chi connectivity index (χ1) is 6.31. The summed E-state index contributed by atoms with van der Waals surface area (Å²) in [6.45, 7) is 5.71. The molecule has 0 aliphatic heterocycles. The van der Waals surface area contributed by atoms with E-state index in [9.17, 15) is 4.79 Å². The third kappa shape index (κ3) is 2.15. The highest BCUT2D eigenvalue weighted by Crippen LogP contribution is 2.12. The molecule has 1 heterocycles. The summed E-state index contributed by atoms with van der Waals surface area (Å²) in [6, 6.07) is 3.72. The van der Waals surface area contributed by atoms with Gasteiger partial charge in [-0.05, 0) is 24.1 Å². The molecular weight excluding hydrogens is 164 g/mol. The largest absolute Gasteiger partial charge is 0.313 e. The molecule has 0 unspecified atom stereocenters. The van der Waals surface area contributed by atoms with Crippen LogP contribution in [0, 0.1) is 0 Å². The molecule has 0 radical (unpaired) electrons. The number of aryl methyl sites for hydroxylation is 1. The molecule has 68 valence electrons. The van der Waals surface area contributed by atoms with Crippen LogP contribution in [0.3, 0.4) is 0 Å². The Balaban J connectivity index is 3.04. The summed E-state index contributed by atoms with van der Waals surface area (Å²) in [6.07, 6.45) is 3.21. The van der Waals surface area contributed by atoms with Gasteiger partial charge in [0.05, 0.1) is 5.69 Å². The molecule has 0 aromatic carbocycles. The zero-order chi connectivity index (χ0) is 9.68. The fraction of sp³-hybridized carbons (Fsp3) is 0.200. The van der Waals surface area contributed by atoms with Gasteiger partial charge in [0.15, 0.2) is 0 Å². The summed E-state index contributed by atoms with van der Waals surface area (Å²) in [5, 5.41) is 2.49. The molecule has 1 rings (SSSR count). The van der Waals surface area contributed by atoms with Crippen molar-refractivity contribution < 1.29 is 4.79 Å². The van der Waals surface area contributed by atoms with E-state index < -0.39 is 0 Å². The van der Waals surface area contributed by atoms with Gasteiger partial charge in [0.1, 0.15) is 5.82 Å². The minimum atomic E-state index is 0.558. The zero-order valence-corrected chi connectivity index (χ0v) is 7.58. The Labute approximate surface area is 77.5 Å². The van der Waals surface area contributed by atoms with Gasteiger partial charge in [-0.15, -0.1) is 0 Å². The fourth-order valence-corrected chi connectivity index (χ4v) is 1.12. The molecular formula is C10H12N2O. The Morgan fingerprint density at radius 3 is 2.92 bits per heavy atom. The molecule has 13 heavy (non-hydrogen) atoms. The predicted octanol–water partition coefficient (Wildman–Crippen LogP) is 1.86. The summed E-state index contributed by atoms with van der Waals surface area (Å²) < 4.78 is 0. The van der Waals surface area contributed by atoms with Gasteiger partial charge < -0.3 is 5.32 Å². The Hall–Kier alpha value is -1.64. The standard InChI is InChI=1S/C10H12N2O/c1-3-8-5-6-10(11-7-13)12-9(8)4-2/h4-7H,2-3H2,1H3,(H,11,12,13). The molecule has 1 amide bonds. The number of anilines is 1. The highest BCUT2D eigenvalue weighted by molar-refractivity contribution is 5.69. The minimum Gasteiger partial charge on any atom is -0.313 e. The van der Waals surface area contributed by atoms with Gasteiger partial charge in [-0.25, -0.2) is 4.98 Å². The second-order valence-electron chi connectivity index (χ2n) is 2.56. The lowest BCUT2D eigenvalue weighted by Gasteiger charge is -2.04. The van der Waals surface area contributed by atoms with Crippen molar-refractivity contribution in [3.8, 4) is 0 Å². The number of nitrogens with one attached hydrogen (secondary N) is 1. The van der Waals surface area contributed by atoms with E-state index in [2.05, 4.69) is 23.8 Å². The second-order valence-corrected chi connectivity index (χ2v) is 2.56. The molecule has 0 spiro atoms. The molecule has 0 bridgehead atoms. The summed E-state index contributed by atoms with van der Waals surface area (Å²) in [5.74, 6) is 0.558. The molecule has 0 atom stereocenters. The number of carbonyl (C=O) groups excluding carboxylic acids is 1. The van der Waals surface area contributed by atoms with Crippen LogP contribution in [0.4, 0.5) is 5.82 Å². The molecule has 0 saturated carbocycles. The van der Waals surface area contributed by atoms with Gasteiger partial charge in [-0.1, -0.05) is 19.6 Å². The van der Waals surface area contributed by atoms with Crippen LogP contribution in [-0.2, 0) is 11.2 Å². The van der Waals surface area contributed by atoms with Crippen LogP contribution in [0.2, 0.25) is 0 Å². The first kappa shape index (κ1) is 9.45. The number of hydrogen-bond acceptors (Lipinski definition) is 2. The molecule has 0 saturated heterocycles. The third-order valence-corrected chi connectivity index (χ3v) is 1.79. The van der Waals surface area contributed by atoms with Gasteiger partial charge in [0.25, 0.3) is 0 Å². The number of amides is 1. The van der Waals surface area contributed by atoms with Crippen molar-refractivity contribution in [1.82, 2.24) is 4.98 Å². The Kier molecular flexibility index (Phi) is 3.20. The summed E-state index contributed by atoms with van der Waals surface area (Å²) in [4.78, 5) is 14.3. The van der Waals surface area contributed by atoms with Crippen molar-refractivity contribution in [2.24, 2.45) is 0 Å². The molecule has 3 nitrogen and oxygen atoms in total. The van der Waals surface area contributed by atoms with E-state index in [-0.39, 0.29) is 0 Å². The number of rotatable bonds is 4. The van der Waals surface area contributed by atoms with Crippen molar-refractivity contribution in [3.05, 3.63) is 30.0 Å². The molecule has 1 aromatic heterocycles. The predicted molar refractivity (Wildman–Crippen MR) is 53.4 cm³/mol. The Morgan fingerprint density at radius 1 is 1.62 bits per heavy atom. The van der Waals surface area contributed by atoms with Gasteiger partial charge in [0, 0.05) is 0 Å². The average Bonchev–Trinajstić information content (AvgIpc) is 2.18. The summed E-state index contributed by atoms with van der Waals surface area (Å²) in [5.41, 5.74) is 1.96. The minimum absolute atomic E-state index is 0.558. The lowest BCUT2D eigenvalue weighted by atomic mass is 10.1. The number of carbonyl (C=O) groups is 1. The Bertz CT molecular complexity index is 321. The van der Waals surface area contributed by atoms with Crippen LogP contribution in [-0.4, -0.2) is 11.4 Å². The van der Waals surface area contributed by atoms with Gasteiger partial charge >= 0.3 is 0 Å². The monoisotopic (exact) mass is 176 g/mol. The number of hydrogen-bond donors (Lipinski definition) is 1. The van der Waals surface area contributed by atoms with Crippen LogP contribution in [0.5, 0.6) is 0 Å². The van der Waals surface area contributed by atoms with E-state index in [1.807, 2.05) is 6.07 Å². The van der Waals surface area contributed by atoms with Crippen molar-refractivity contribution in [2.75, 3.05) is 5.32 Å². The van der Waals surface area contributed by atoms with Crippen molar-refractivity contribution in [1.29, 1.82) is 0 Å². The lowest BCUT2D eigenvalue weighted by Crippen LogP contribution is -1.99. The first-order valence-electron chi connectivity index (χ1n) is 4.14. The van der Waals surface area contributed by atoms with Crippen LogP contribution < -0.4 is 5.32 Å². The number of nitrogens with zero attached hydrogens (tertiary/aromatic N) is 1. The van der Waals surface area contributed by atoms with E-state index in [1.165, 1.54) is 0 Å². The van der Waals surface area contributed by atoms with E-state index in [0.717, 1.165) is 17.7 Å². The van der Waals surface area contributed by atoms with Crippen molar-refractivity contribution in [2.45, 2.75) is 13.3 Å². The quantitative estimate of drug-likeness (QED) is 0.711. The average molecular weight is 176 g/mol. The molecule has 0 aliphatic rings. The van der Waals surface area contributed by atoms with Crippen molar-refractivity contribution >= 4 is 18.3 Å². The maximum atomic E-state index is 10.2. The third-order valence-electron chi connectivity index (χ3n) is 1.79. The first-order valence-corrected chi connectivity index (χ1v) is 4.14. The van der Waals surface area contributed by atoms with Crippen LogP contribution >= 0.6 is 0 Å². The second kappa shape index (κ2) is 4.40. The molecule has 0 aliphatic carbocycles. The number of aromatic nitrogens is 1. The van der Waals surface area contributed by atoms with Gasteiger partial charge in [0.2, 0.25) is 6.41 Å². The molecule has 0 fully saturated rings. The highest BCUT2D eigenvalue weighted by Gasteiger charge is 1.99. The number of pyridine rings is 1. The normalized spacial score (nSPS) is 9.31. The van der Waals surface area contributed by atoms with E-state index in [4.69, 9.17) is 0 Å². The fourth-order valence-electron chi connectivity index (χ4n) is 1.12.